The summed E-state index contributed by atoms with van der Waals surface area (Å²) in [5.74, 6) is -0.275. The normalized spacial score (nSPS) is 24.6. The van der Waals surface area contributed by atoms with Gasteiger partial charge in [0.2, 0.25) is 0 Å². The highest BCUT2D eigenvalue weighted by molar-refractivity contribution is 5.87. The van der Waals surface area contributed by atoms with Crippen LogP contribution in [0.3, 0.4) is 0 Å². The van der Waals surface area contributed by atoms with Crippen molar-refractivity contribution in [3.63, 3.8) is 0 Å². The van der Waals surface area contributed by atoms with Crippen LogP contribution in [-0.2, 0) is 23.0 Å². The van der Waals surface area contributed by atoms with E-state index in [1.807, 2.05) is 18.2 Å². The number of methoxy groups -OCH3 is 1. The van der Waals surface area contributed by atoms with Crippen molar-refractivity contribution in [2.75, 3.05) is 13.7 Å². The van der Waals surface area contributed by atoms with E-state index in [0.29, 0.717) is 0 Å². The highest BCUT2D eigenvalue weighted by Gasteiger charge is 2.57. The maximum atomic E-state index is 12.7. The van der Waals surface area contributed by atoms with Crippen molar-refractivity contribution >= 4 is 16.9 Å². The van der Waals surface area contributed by atoms with Crippen molar-refractivity contribution in [3.05, 3.63) is 71.4 Å². The van der Waals surface area contributed by atoms with Crippen LogP contribution in [0.4, 0.5) is 0 Å². The van der Waals surface area contributed by atoms with Crippen molar-refractivity contribution in [2.45, 2.75) is 18.5 Å². The predicted molar refractivity (Wildman–Crippen MR) is 101 cm³/mol. The Morgan fingerprint density at radius 1 is 1.04 bits per heavy atom. The minimum Gasteiger partial charge on any atom is -0.469 e. The van der Waals surface area contributed by atoms with E-state index in [9.17, 15) is 4.79 Å². The summed E-state index contributed by atoms with van der Waals surface area (Å²) in [4.78, 5) is 15.2. The van der Waals surface area contributed by atoms with Crippen LogP contribution < -0.4 is 0 Å². The largest absolute Gasteiger partial charge is 0.469 e. The summed E-state index contributed by atoms with van der Waals surface area (Å²) < 4.78 is 7.49. The molecule has 3 aromatic rings. The zero-order chi connectivity index (χ0) is 17.8. The summed E-state index contributed by atoms with van der Waals surface area (Å²) in [6.45, 7) is 0.971. The number of rotatable bonds is 2. The minimum absolute atomic E-state index is 0.0915. The van der Waals surface area contributed by atoms with Crippen molar-refractivity contribution in [2.24, 2.45) is 13.0 Å². The second kappa shape index (κ2) is 5.71. The van der Waals surface area contributed by atoms with Crippen LogP contribution in [0.25, 0.3) is 10.9 Å². The molecule has 0 aliphatic carbocycles. The molecule has 4 heteroatoms. The second-order valence-corrected chi connectivity index (χ2v) is 7.28. The van der Waals surface area contributed by atoms with E-state index in [1.165, 1.54) is 34.8 Å². The first-order chi connectivity index (χ1) is 12.7. The Balaban J connectivity index is 1.66. The van der Waals surface area contributed by atoms with Crippen LogP contribution >= 0.6 is 0 Å². The topological polar surface area (TPSA) is 34.5 Å². The zero-order valence-corrected chi connectivity index (χ0v) is 15.1. The molecule has 5 rings (SSSR count). The molecule has 4 nitrogen and oxygen atoms in total. The van der Waals surface area contributed by atoms with E-state index < -0.39 is 0 Å². The third-order valence-electron chi connectivity index (χ3n) is 6.17. The first kappa shape index (κ1) is 15.6. The Bertz CT molecular complexity index is 992. The molecule has 0 bridgehead atoms. The summed E-state index contributed by atoms with van der Waals surface area (Å²) in [6, 6.07) is 19.1. The van der Waals surface area contributed by atoms with Crippen LogP contribution in [-0.4, -0.2) is 29.1 Å². The molecule has 0 saturated carbocycles. The number of aryl methyl sites for hydroxylation is 1. The number of aromatic nitrogens is 1. The van der Waals surface area contributed by atoms with Crippen molar-refractivity contribution in [1.82, 2.24) is 9.47 Å². The fourth-order valence-electron chi connectivity index (χ4n) is 5.08. The van der Waals surface area contributed by atoms with Gasteiger partial charge in [-0.1, -0.05) is 48.5 Å². The molecule has 2 aliphatic rings. The van der Waals surface area contributed by atoms with Gasteiger partial charge in [-0.25, -0.2) is 0 Å². The lowest BCUT2D eigenvalue weighted by atomic mass is 9.71. The lowest BCUT2D eigenvalue weighted by Gasteiger charge is -2.56. The lowest BCUT2D eigenvalue weighted by molar-refractivity contribution is -0.168. The molecule has 0 amide bonds. The smallest absolute Gasteiger partial charge is 0.312 e. The highest BCUT2D eigenvalue weighted by atomic mass is 16.5. The molecular formula is C22H22N2O2. The molecule has 0 spiro atoms. The van der Waals surface area contributed by atoms with Gasteiger partial charge in [0.25, 0.3) is 0 Å². The summed E-state index contributed by atoms with van der Waals surface area (Å²) in [6.07, 6.45) is 1.02. The predicted octanol–water partition coefficient (Wildman–Crippen LogP) is 3.62. The minimum atomic E-state index is -0.163. The summed E-state index contributed by atoms with van der Waals surface area (Å²) in [7, 11) is 3.62. The molecule has 26 heavy (non-hydrogen) atoms. The van der Waals surface area contributed by atoms with Crippen LogP contribution in [0, 0.1) is 5.92 Å². The fraction of sp³-hybridized carbons (Fsp3) is 0.318. The Morgan fingerprint density at radius 3 is 2.54 bits per heavy atom. The molecule has 3 atom stereocenters. The molecule has 1 aromatic heterocycles. The molecule has 132 valence electrons. The molecule has 2 aliphatic heterocycles. The summed E-state index contributed by atoms with van der Waals surface area (Å²) in [5.41, 5.74) is 5.11. The first-order valence-electron chi connectivity index (χ1n) is 9.17. The van der Waals surface area contributed by atoms with Gasteiger partial charge >= 0.3 is 5.97 Å². The number of hydrogen-bond donors (Lipinski definition) is 0. The van der Waals surface area contributed by atoms with Crippen LogP contribution in [0.2, 0.25) is 0 Å². The quantitative estimate of drug-likeness (QED) is 0.665. The number of ether oxygens (including phenoxy) is 1. The molecule has 3 heterocycles. The number of esters is 1. The summed E-state index contributed by atoms with van der Waals surface area (Å²) >= 11 is 0. The average Bonchev–Trinajstić information content (AvgIpc) is 2.95. The standard InChI is InChI=1S/C22H22N2O2/c1-23-17-11-7-6-10-15(17)16-12-13-24-19(14-8-4-3-5-9-14)18(22(25)26-2)21(24)20(16)23/h3-11,18-19,21H,12-13H2,1-2H3/t18-,19-,21+/m1/s1. The van der Waals surface area contributed by atoms with Crippen LogP contribution in [0.15, 0.2) is 54.6 Å². The SMILES string of the molecule is COC(=O)[C@@H]1[C@@H](c2ccccc2)N2CCc3c(n(C)c4ccccc34)[C@H]12. The number of hydrogen-bond acceptors (Lipinski definition) is 3. The van der Waals surface area contributed by atoms with Gasteiger partial charge in [-0.3, -0.25) is 9.69 Å². The molecule has 0 N–H and O–H groups in total. The third-order valence-corrected chi connectivity index (χ3v) is 6.17. The molecular weight excluding hydrogens is 324 g/mol. The van der Waals surface area contributed by atoms with E-state index in [-0.39, 0.29) is 24.0 Å². The molecule has 2 aromatic carbocycles. The number of carbonyl (C=O) groups is 1. The number of nitrogens with zero attached hydrogens (tertiary/aromatic N) is 2. The van der Waals surface area contributed by atoms with E-state index in [0.717, 1.165) is 13.0 Å². The highest BCUT2D eigenvalue weighted by Crippen LogP contribution is 2.56. The second-order valence-electron chi connectivity index (χ2n) is 7.28. The zero-order valence-electron chi connectivity index (χ0n) is 15.1. The van der Waals surface area contributed by atoms with Crippen molar-refractivity contribution in [1.29, 1.82) is 0 Å². The Kier molecular flexibility index (Phi) is 3.44. The Labute approximate surface area is 153 Å². The maximum Gasteiger partial charge on any atom is 0.312 e. The number of carbonyl (C=O) groups excluding carboxylic acids is 1. The van der Waals surface area contributed by atoms with Gasteiger partial charge in [0.15, 0.2) is 0 Å². The van der Waals surface area contributed by atoms with Crippen LogP contribution in [0.1, 0.15) is 28.9 Å². The number of benzene rings is 2. The first-order valence-corrected chi connectivity index (χ1v) is 9.17. The molecule has 1 saturated heterocycles. The van der Waals surface area contributed by atoms with Gasteiger partial charge in [0.1, 0.15) is 0 Å². The Hall–Kier alpha value is -2.59. The van der Waals surface area contributed by atoms with Gasteiger partial charge in [0.05, 0.1) is 25.1 Å². The molecule has 0 radical (unpaired) electrons. The third kappa shape index (κ3) is 1.96. The van der Waals surface area contributed by atoms with Gasteiger partial charge in [-0.05, 0) is 23.6 Å². The summed E-state index contributed by atoms with van der Waals surface area (Å²) in [5, 5.41) is 1.32. The fourth-order valence-corrected chi connectivity index (χ4v) is 5.08. The van der Waals surface area contributed by atoms with Gasteiger partial charge in [0, 0.05) is 30.2 Å². The van der Waals surface area contributed by atoms with Gasteiger partial charge < -0.3 is 9.30 Å². The lowest BCUT2D eigenvalue weighted by Crippen LogP contribution is -2.58. The van der Waals surface area contributed by atoms with Gasteiger partial charge in [-0.15, -0.1) is 0 Å². The van der Waals surface area contributed by atoms with E-state index in [2.05, 4.69) is 52.9 Å². The van der Waals surface area contributed by atoms with Gasteiger partial charge in [-0.2, -0.15) is 0 Å². The maximum absolute atomic E-state index is 12.7. The Morgan fingerprint density at radius 2 is 1.77 bits per heavy atom. The number of fused-ring (bicyclic) bond motifs is 5. The average molecular weight is 346 g/mol. The molecule has 1 fully saturated rings. The van der Waals surface area contributed by atoms with E-state index >= 15 is 0 Å². The molecule has 0 unspecified atom stereocenters. The van der Waals surface area contributed by atoms with E-state index in [4.69, 9.17) is 4.74 Å². The monoisotopic (exact) mass is 346 g/mol. The van der Waals surface area contributed by atoms with Crippen molar-refractivity contribution < 1.29 is 9.53 Å². The van der Waals surface area contributed by atoms with Crippen LogP contribution in [0.5, 0.6) is 0 Å². The van der Waals surface area contributed by atoms with E-state index in [1.54, 1.807) is 0 Å². The van der Waals surface area contributed by atoms with Crippen molar-refractivity contribution in [3.8, 4) is 0 Å². The number of para-hydroxylation sites is 1.